The van der Waals surface area contributed by atoms with Gasteiger partial charge in [-0.1, -0.05) is 23.8 Å². The number of benzene rings is 2. The summed E-state index contributed by atoms with van der Waals surface area (Å²) in [6.45, 7) is 9.48. The maximum Gasteiger partial charge on any atom is 0.124 e. The van der Waals surface area contributed by atoms with E-state index in [0.717, 1.165) is 39.8 Å². The highest BCUT2D eigenvalue weighted by molar-refractivity contribution is 5.99. The number of fused-ring (bicyclic) bond motifs is 2. The van der Waals surface area contributed by atoms with Crippen molar-refractivity contribution in [2.45, 2.75) is 40.9 Å². The Bertz CT molecular complexity index is 1030. The molecule has 0 fully saturated rings. The Hall–Kier alpha value is -2.84. The molecule has 0 bridgehead atoms. The van der Waals surface area contributed by atoms with Crippen molar-refractivity contribution in [1.29, 1.82) is 0 Å². The van der Waals surface area contributed by atoms with Gasteiger partial charge in [-0.25, -0.2) is 19.6 Å². The van der Waals surface area contributed by atoms with Crippen LogP contribution in [0, 0.1) is 13.8 Å². The van der Waals surface area contributed by atoms with E-state index < -0.39 is 0 Å². The second kappa shape index (κ2) is 9.53. The summed E-state index contributed by atoms with van der Waals surface area (Å²) < 4.78 is 0. The standard InChI is InChI=1S/C24H29N3O4/c1-5-28-30-14-20-23-24(21(25-20)15-31-29-6-2)27(18-10-7-16(3)8-11-18)22-13-17(4)9-12-19(22)26-23/h7-13,25-26H,5-6,14-15H2,1-4H3. The SMILES string of the molecule is CCOOCc1[nH]c(COOCC)c2c1Nc1ccc(C)cc1N2c1ccc(C)cc1. The fraction of sp³-hybridized carbons (Fsp3) is 0.333. The van der Waals surface area contributed by atoms with Crippen molar-refractivity contribution in [1.82, 2.24) is 4.98 Å². The zero-order valence-electron chi connectivity index (χ0n) is 18.5. The lowest BCUT2D eigenvalue weighted by atomic mass is 10.1. The molecule has 2 heterocycles. The van der Waals surface area contributed by atoms with Gasteiger partial charge < -0.3 is 15.2 Å². The van der Waals surface area contributed by atoms with Crippen LogP contribution in [0.15, 0.2) is 42.5 Å². The number of rotatable bonds is 9. The largest absolute Gasteiger partial charge is 0.355 e. The third kappa shape index (κ3) is 4.45. The van der Waals surface area contributed by atoms with Crippen LogP contribution in [-0.2, 0) is 32.8 Å². The molecule has 1 aliphatic heterocycles. The number of anilines is 5. The van der Waals surface area contributed by atoms with Crippen LogP contribution in [0.2, 0.25) is 0 Å². The molecule has 0 saturated heterocycles. The minimum atomic E-state index is 0.274. The second-order valence-corrected chi connectivity index (χ2v) is 7.46. The van der Waals surface area contributed by atoms with Crippen LogP contribution in [0.4, 0.5) is 28.4 Å². The van der Waals surface area contributed by atoms with E-state index >= 15 is 0 Å². The van der Waals surface area contributed by atoms with Crippen LogP contribution in [0.1, 0.15) is 36.4 Å². The molecule has 0 atom stereocenters. The normalized spacial score (nSPS) is 12.5. The number of aryl methyl sites for hydroxylation is 2. The molecule has 2 aromatic carbocycles. The van der Waals surface area contributed by atoms with E-state index in [4.69, 9.17) is 19.6 Å². The number of aromatic nitrogens is 1. The predicted octanol–water partition coefficient (Wildman–Crippen LogP) is 6.09. The average molecular weight is 424 g/mol. The molecule has 7 nitrogen and oxygen atoms in total. The van der Waals surface area contributed by atoms with Crippen molar-refractivity contribution in [2.24, 2.45) is 0 Å². The second-order valence-electron chi connectivity index (χ2n) is 7.46. The van der Waals surface area contributed by atoms with Gasteiger partial charge in [0.15, 0.2) is 0 Å². The summed E-state index contributed by atoms with van der Waals surface area (Å²) >= 11 is 0. The van der Waals surface area contributed by atoms with Gasteiger partial charge >= 0.3 is 0 Å². The lowest BCUT2D eigenvalue weighted by Gasteiger charge is -2.33. The molecule has 2 N–H and O–H groups in total. The fourth-order valence-electron chi connectivity index (χ4n) is 3.71. The number of hydrogen-bond donors (Lipinski definition) is 2. The van der Waals surface area contributed by atoms with E-state index in [2.05, 4.69) is 71.5 Å². The lowest BCUT2D eigenvalue weighted by molar-refractivity contribution is -0.302. The summed E-state index contributed by atoms with van der Waals surface area (Å²) in [6.07, 6.45) is 0. The Morgan fingerprint density at radius 2 is 1.42 bits per heavy atom. The molecule has 31 heavy (non-hydrogen) atoms. The zero-order chi connectivity index (χ0) is 21.8. The zero-order valence-corrected chi connectivity index (χ0v) is 18.5. The minimum Gasteiger partial charge on any atom is -0.355 e. The van der Waals surface area contributed by atoms with E-state index in [-0.39, 0.29) is 13.2 Å². The molecule has 0 amide bonds. The van der Waals surface area contributed by atoms with Crippen LogP contribution < -0.4 is 10.2 Å². The van der Waals surface area contributed by atoms with Crippen molar-refractivity contribution in [3.8, 4) is 0 Å². The fourth-order valence-corrected chi connectivity index (χ4v) is 3.71. The van der Waals surface area contributed by atoms with Crippen LogP contribution in [0.5, 0.6) is 0 Å². The Balaban J connectivity index is 1.84. The molecule has 1 aromatic heterocycles. The first-order valence-electron chi connectivity index (χ1n) is 10.6. The van der Waals surface area contributed by atoms with Gasteiger partial charge in [0.05, 0.1) is 47.4 Å². The molecular formula is C24H29N3O4. The highest BCUT2D eigenvalue weighted by Crippen LogP contribution is 2.51. The summed E-state index contributed by atoms with van der Waals surface area (Å²) in [6, 6.07) is 14.9. The first-order valence-corrected chi connectivity index (χ1v) is 10.6. The molecular weight excluding hydrogens is 394 g/mol. The van der Waals surface area contributed by atoms with Gasteiger partial charge in [0.1, 0.15) is 13.2 Å². The summed E-state index contributed by atoms with van der Waals surface area (Å²) in [7, 11) is 0. The van der Waals surface area contributed by atoms with Crippen LogP contribution in [-0.4, -0.2) is 18.2 Å². The van der Waals surface area contributed by atoms with Gasteiger partial charge in [0.25, 0.3) is 0 Å². The van der Waals surface area contributed by atoms with Crippen LogP contribution in [0.3, 0.4) is 0 Å². The van der Waals surface area contributed by atoms with Gasteiger partial charge in [0.2, 0.25) is 0 Å². The van der Waals surface area contributed by atoms with Crippen molar-refractivity contribution >= 4 is 28.4 Å². The quantitative estimate of drug-likeness (QED) is 0.193. The topological polar surface area (TPSA) is 68.0 Å². The third-order valence-electron chi connectivity index (χ3n) is 5.10. The monoisotopic (exact) mass is 423 g/mol. The smallest absolute Gasteiger partial charge is 0.124 e. The highest BCUT2D eigenvalue weighted by Gasteiger charge is 2.31. The van der Waals surface area contributed by atoms with Crippen molar-refractivity contribution in [3.05, 3.63) is 65.0 Å². The van der Waals surface area contributed by atoms with Crippen LogP contribution >= 0.6 is 0 Å². The molecule has 0 aliphatic carbocycles. The van der Waals surface area contributed by atoms with Gasteiger partial charge in [-0.3, -0.25) is 0 Å². The molecule has 3 aromatic rings. The molecule has 1 aliphatic rings. The van der Waals surface area contributed by atoms with Crippen molar-refractivity contribution in [2.75, 3.05) is 23.4 Å². The van der Waals surface area contributed by atoms with Crippen molar-refractivity contribution in [3.63, 3.8) is 0 Å². The summed E-state index contributed by atoms with van der Waals surface area (Å²) in [5.41, 5.74) is 9.24. The van der Waals surface area contributed by atoms with Gasteiger partial charge in [-0.05, 0) is 57.5 Å². The summed E-state index contributed by atoms with van der Waals surface area (Å²) in [5.74, 6) is 0. The number of nitrogens with one attached hydrogen (secondary N) is 2. The van der Waals surface area contributed by atoms with Gasteiger partial charge in [-0.15, -0.1) is 0 Å². The lowest BCUT2D eigenvalue weighted by Crippen LogP contribution is -2.18. The van der Waals surface area contributed by atoms with E-state index in [0.29, 0.717) is 13.2 Å². The Morgan fingerprint density at radius 1 is 0.774 bits per heavy atom. The molecule has 0 spiro atoms. The number of hydrogen-bond acceptors (Lipinski definition) is 6. The van der Waals surface area contributed by atoms with E-state index in [1.807, 2.05) is 13.8 Å². The molecule has 7 heteroatoms. The van der Waals surface area contributed by atoms with Crippen LogP contribution in [0.25, 0.3) is 0 Å². The summed E-state index contributed by atoms with van der Waals surface area (Å²) in [5, 5.41) is 3.58. The maximum absolute atomic E-state index is 5.43. The predicted molar refractivity (Wildman–Crippen MR) is 121 cm³/mol. The first-order chi connectivity index (χ1) is 15.1. The Labute approximate surface area is 182 Å². The van der Waals surface area contributed by atoms with Gasteiger partial charge in [-0.2, -0.15) is 0 Å². The number of nitrogens with zero attached hydrogens (tertiary/aromatic N) is 1. The third-order valence-corrected chi connectivity index (χ3v) is 5.10. The first kappa shape index (κ1) is 21.4. The Morgan fingerprint density at radius 3 is 2.10 bits per heavy atom. The van der Waals surface area contributed by atoms with E-state index in [1.54, 1.807) is 0 Å². The maximum atomic E-state index is 5.43. The van der Waals surface area contributed by atoms with Gasteiger partial charge in [0, 0.05) is 5.69 Å². The molecule has 4 rings (SSSR count). The minimum absolute atomic E-state index is 0.274. The highest BCUT2D eigenvalue weighted by atomic mass is 17.2. The molecule has 164 valence electrons. The molecule has 0 radical (unpaired) electrons. The number of aromatic amines is 1. The Kier molecular flexibility index (Phi) is 6.58. The van der Waals surface area contributed by atoms with E-state index in [9.17, 15) is 0 Å². The van der Waals surface area contributed by atoms with Crippen molar-refractivity contribution < 1.29 is 19.6 Å². The molecule has 0 unspecified atom stereocenters. The summed E-state index contributed by atoms with van der Waals surface area (Å²) in [4.78, 5) is 26.8. The van der Waals surface area contributed by atoms with E-state index in [1.165, 1.54) is 11.1 Å². The average Bonchev–Trinajstić information content (AvgIpc) is 3.10. The molecule has 0 saturated carbocycles. The number of H-pyrrole nitrogens is 1.